The number of allylic oxidation sites excluding steroid dienone is 4. The number of rotatable bonds is 14. The summed E-state index contributed by atoms with van der Waals surface area (Å²) in [6, 6.07) is 0. The van der Waals surface area contributed by atoms with Crippen molar-refractivity contribution in [3.63, 3.8) is 0 Å². The van der Waals surface area contributed by atoms with Gasteiger partial charge in [0.25, 0.3) is 0 Å². The molecule has 5 aliphatic rings. The normalized spacial score (nSPS) is 41.6. The minimum absolute atomic E-state index is 0.0282. The molecule has 0 aromatic carbocycles. The van der Waals surface area contributed by atoms with E-state index >= 15 is 0 Å². The largest absolute Gasteiger partial charge is 0.459 e. The van der Waals surface area contributed by atoms with Gasteiger partial charge in [0, 0.05) is 102 Å². The summed E-state index contributed by atoms with van der Waals surface area (Å²) in [6.45, 7) is 22.6. The van der Waals surface area contributed by atoms with Crippen LogP contribution in [0.4, 0.5) is 0 Å². The summed E-state index contributed by atoms with van der Waals surface area (Å²) in [5.74, 6) is -5.42. The molecular weight excluding hydrogens is 1260 g/mol. The van der Waals surface area contributed by atoms with E-state index in [2.05, 4.69) is 0 Å². The summed E-state index contributed by atoms with van der Waals surface area (Å²) < 4.78 is 61.4. The maximum atomic E-state index is 13.9. The molecule has 5 unspecified atom stereocenters. The Morgan fingerprint density at radius 2 is 0.888 bits per heavy atom. The standard InChI is InChI=1S/C78H132O20/c1-45-23-29-57(79)37-60-20-18-22-62(96-60)42-72(92-16)52(8)68(82)44-70(84)54(10)78(55(11)75(87)47(3)27-31-63-39-65(89-13)35-49(5)93-63)98-74(86)34-26-46(2)24-30-58(80)38-59-19-17-21-61(95-59)41-71(91-15)51(7)67(81)43-69(83)53(9)76(88)56(12)77(97-73(85)33-25-45)48(4)28-32-64-40-66(90-14)36-50(6)94-64/h17-20,23-26,33-34,47-72,75-84,87-88H,21-22,27-32,35-44H2,1-16H3/b33-25-,34-26+,45-23?,46-24+/t47-,48-,49+,50+,51-,52-,53?,54+,55-,56+,57+,58?,59-,60-,61+,62-,63-,64-,65+,66+,67+,68-,69?,70+,71?,72+,75-,76?,77+,78-/m0/s1. The first kappa shape index (κ1) is 85.4. The van der Waals surface area contributed by atoms with E-state index < -0.39 is 133 Å². The van der Waals surface area contributed by atoms with Crippen molar-refractivity contribution in [1.29, 1.82) is 0 Å². The highest BCUT2D eigenvalue weighted by Gasteiger charge is 2.42. The number of cyclic esters (lactones) is 2. The molecule has 0 saturated carbocycles. The lowest BCUT2D eigenvalue weighted by atomic mass is 9.78. The van der Waals surface area contributed by atoms with Crippen LogP contribution in [0, 0.1) is 47.3 Å². The lowest BCUT2D eigenvalue weighted by Gasteiger charge is -2.38. The molecule has 20 nitrogen and oxygen atoms in total. The molecule has 5 rings (SSSR count). The van der Waals surface area contributed by atoms with E-state index in [-0.39, 0.29) is 92.8 Å². The van der Waals surface area contributed by atoms with Gasteiger partial charge in [-0.1, -0.05) is 115 Å². The monoisotopic (exact) mass is 1390 g/mol. The Hall–Kier alpha value is -3.26. The number of aliphatic hydroxyl groups excluding tert-OH is 8. The third kappa shape index (κ3) is 28.1. The van der Waals surface area contributed by atoms with Gasteiger partial charge < -0.3 is 88.2 Å². The van der Waals surface area contributed by atoms with Crippen molar-refractivity contribution in [3.05, 3.63) is 71.9 Å². The van der Waals surface area contributed by atoms with Crippen molar-refractivity contribution in [2.45, 2.75) is 333 Å². The zero-order chi connectivity index (χ0) is 72.5. The second-order valence-corrected chi connectivity index (χ2v) is 30.3. The highest BCUT2D eigenvalue weighted by Crippen LogP contribution is 2.37. The summed E-state index contributed by atoms with van der Waals surface area (Å²) in [5.41, 5.74) is 1.41. The molecule has 2 fully saturated rings. The summed E-state index contributed by atoms with van der Waals surface area (Å²) in [4.78, 5) is 27.8. The number of esters is 2. The van der Waals surface area contributed by atoms with Crippen LogP contribution in [0.1, 0.15) is 199 Å². The van der Waals surface area contributed by atoms with E-state index in [0.717, 1.165) is 31.3 Å². The Bertz CT molecular complexity index is 2480. The van der Waals surface area contributed by atoms with Crippen molar-refractivity contribution >= 4 is 11.9 Å². The van der Waals surface area contributed by atoms with Gasteiger partial charge in [0.2, 0.25) is 0 Å². The van der Waals surface area contributed by atoms with E-state index in [9.17, 15) is 50.4 Å². The van der Waals surface area contributed by atoms with Crippen LogP contribution in [-0.4, -0.2) is 216 Å². The average molecular weight is 1390 g/mol. The number of hydrogen-bond donors (Lipinski definition) is 8. The molecule has 0 aromatic rings. The van der Waals surface area contributed by atoms with E-state index in [1.165, 1.54) is 12.2 Å². The third-order valence-electron chi connectivity index (χ3n) is 22.3. The van der Waals surface area contributed by atoms with Gasteiger partial charge in [0.1, 0.15) is 12.2 Å². The Morgan fingerprint density at radius 3 is 1.33 bits per heavy atom. The van der Waals surface area contributed by atoms with Crippen molar-refractivity contribution in [3.8, 4) is 0 Å². The Kier molecular flexibility index (Phi) is 37.6. The molecule has 2 saturated heterocycles. The number of ether oxygens (including phenoxy) is 10. The fourth-order valence-electron chi connectivity index (χ4n) is 15.4. The summed E-state index contributed by atoms with van der Waals surface area (Å²) in [6.07, 6.45) is 14.3. The maximum absolute atomic E-state index is 13.9. The van der Waals surface area contributed by atoms with Gasteiger partial charge in [-0.2, -0.15) is 0 Å². The van der Waals surface area contributed by atoms with Gasteiger partial charge >= 0.3 is 11.9 Å². The fourth-order valence-corrected chi connectivity index (χ4v) is 15.4. The van der Waals surface area contributed by atoms with Gasteiger partial charge in [-0.15, -0.1) is 0 Å². The minimum atomic E-state index is -1.17. The van der Waals surface area contributed by atoms with Crippen molar-refractivity contribution in [1.82, 2.24) is 0 Å². The summed E-state index contributed by atoms with van der Waals surface area (Å²) >= 11 is 0. The van der Waals surface area contributed by atoms with E-state index in [1.807, 2.05) is 106 Å². The molecule has 0 radical (unpaired) electrons. The zero-order valence-corrected chi connectivity index (χ0v) is 62.3. The van der Waals surface area contributed by atoms with Crippen LogP contribution in [0.3, 0.4) is 0 Å². The summed E-state index contributed by atoms with van der Waals surface area (Å²) in [5, 5.41) is 94.1. The molecular formula is C78H132O20. The van der Waals surface area contributed by atoms with Gasteiger partial charge in [-0.25, -0.2) is 9.59 Å². The van der Waals surface area contributed by atoms with Crippen LogP contribution in [0.15, 0.2) is 71.9 Å². The molecule has 5 heterocycles. The van der Waals surface area contributed by atoms with Gasteiger partial charge in [-0.3, -0.25) is 0 Å². The van der Waals surface area contributed by atoms with Crippen molar-refractivity contribution in [2.75, 3.05) is 28.4 Å². The number of hydrogen-bond acceptors (Lipinski definition) is 20. The highest BCUT2D eigenvalue weighted by molar-refractivity contribution is 5.83. The van der Waals surface area contributed by atoms with Crippen LogP contribution in [0.25, 0.3) is 0 Å². The first-order valence-corrected chi connectivity index (χ1v) is 37.1. The summed E-state index contributed by atoms with van der Waals surface area (Å²) in [7, 11) is 6.59. The van der Waals surface area contributed by atoms with Crippen LogP contribution < -0.4 is 0 Å². The lowest BCUT2D eigenvalue weighted by molar-refractivity contribution is -0.158. The molecule has 98 heavy (non-hydrogen) atoms. The molecule has 30 atom stereocenters. The smallest absolute Gasteiger partial charge is 0.331 e. The van der Waals surface area contributed by atoms with Crippen molar-refractivity contribution in [2.24, 2.45) is 47.3 Å². The molecule has 8 N–H and O–H groups in total. The highest BCUT2D eigenvalue weighted by atomic mass is 16.6. The molecule has 20 heteroatoms. The third-order valence-corrected chi connectivity index (χ3v) is 22.3. The SMILES string of the molecule is COC1C[C@H]2CC=C[C@@H](CC(O)C/C=C(C)/C=C/C(=O)O[C@H]([C@@H](C)[C@@H](O)[C@@H](C)CC[C@H]3C[C@H](OC)C[C@@H](C)O3)[C@H](C)[C@H](O)C[C@H](O)[C@H](C)[C@H](OC)C[C@@H]3CC=C[C@@H](C[C@H](O)CC=C(C)/C=C\C(=O)O[C@H]([C@@H](C)CC[C@H]4C[C@H](OC)C[C@@H](C)O4)[C@H](C)C(O)C(C)C(O)C[C@@H](O)[C@@H]1C)O3)O2. The minimum Gasteiger partial charge on any atom is -0.459 e. The Labute approximate surface area is 587 Å². The van der Waals surface area contributed by atoms with Crippen molar-refractivity contribution < 1.29 is 97.8 Å². The fraction of sp³-hybridized carbons (Fsp3) is 0.821. The lowest BCUT2D eigenvalue weighted by Crippen LogP contribution is -2.45. The molecule has 5 aliphatic heterocycles. The van der Waals surface area contributed by atoms with Gasteiger partial charge in [0.05, 0.1) is 122 Å². The molecule has 0 spiro atoms. The second-order valence-electron chi connectivity index (χ2n) is 30.3. The van der Waals surface area contributed by atoms with Crippen LogP contribution in [0.5, 0.6) is 0 Å². The zero-order valence-electron chi connectivity index (χ0n) is 62.3. The number of aliphatic hydroxyl groups is 8. The van der Waals surface area contributed by atoms with E-state index in [4.69, 9.17) is 47.4 Å². The average Bonchev–Trinajstić information content (AvgIpc) is 0.849. The molecule has 564 valence electrons. The predicted molar refractivity (Wildman–Crippen MR) is 377 cm³/mol. The Balaban J connectivity index is 1.37. The van der Waals surface area contributed by atoms with Crippen LogP contribution >= 0.6 is 0 Å². The quantitative estimate of drug-likeness (QED) is 0.0593. The number of fused-ring (bicyclic) bond motifs is 4. The van der Waals surface area contributed by atoms with Gasteiger partial charge in [-0.05, 0) is 129 Å². The number of methoxy groups -OCH3 is 4. The molecule has 0 aliphatic carbocycles. The van der Waals surface area contributed by atoms with Gasteiger partial charge in [0.15, 0.2) is 0 Å². The number of carbonyl (C=O) groups is 2. The second kappa shape index (κ2) is 43.1. The molecule has 0 aromatic heterocycles. The Morgan fingerprint density at radius 1 is 0.469 bits per heavy atom. The van der Waals surface area contributed by atoms with Crippen LogP contribution in [0.2, 0.25) is 0 Å². The molecule has 0 amide bonds. The topological polar surface area (TPSA) is 288 Å². The predicted octanol–water partition coefficient (Wildman–Crippen LogP) is 10.1. The number of carbonyl (C=O) groups excluding carboxylic acids is 2. The maximum Gasteiger partial charge on any atom is 0.331 e. The van der Waals surface area contributed by atoms with Crippen LogP contribution in [-0.2, 0) is 57.0 Å². The first-order chi connectivity index (χ1) is 46.4. The first-order valence-electron chi connectivity index (χ1n) is 37.1. The molecule has 4 bridgehead atoms. The van der Waals surface area contributed by atoms with E-state index in [1.54, 1.807) is 54.4 Å². The van der Waals surface area contributed by atoms with E-state index in [0.29, 0.717) is 63.4 Å².